The van der Waals surface area contributed by atoms with Gasteiger partial charge in [0.25, 0.3) is 0 Å². The molecule has 1 N–H and O–H groups in total. The van der Waals surface area contributed by atoms with Gasteiger partial charge in [-0.3, -0.25) is 0 Å². The highest BCUT2D eigenvalue weighted by Crippen LogP contribution is 2.27. The number of rotatable bonds is 6. The molecule has 4 fully saturated rings. The Morgan fingerprint density at radius 1 is 0.630 bits per heavy atom. The lowest BCUT2D eigenvalue weighted by Gasteiger charge is -2.43. The van der Waals surface area contributed by atoms with Crippen LogP contribution in [0.1, 0.15) is 64.2 Å². The lowest BCUT2D eigenvalue weighted by molar-refractivity contribution is 0.0661. The molecule has 0 bridgehead atoms. The molecule has 0 radical (unpaired) electrons. The number of hydrogen-bond acceptors (Lipinski definition) is 4. The van der Waals surface area contributed by atoms with E-state index in [4.69, 9.17) is 0 Å². The zero-order chi connectivity index (χ0) is 18.3. The summed E-state index contributed by atoms with van der Waals surface area (Å²) in [7, 11) is 0. The van der Waals surface area contributed by atoms with Gasteiger partial charge in [0.15, 0.2) is 0 Å². The third kappa shape index (κ3) is 6.16. The fourth-order valence-electron chi connectivity index (χ4n) is 6.05. The normalized spacial score (nSPS) is 29.3. The van der Waals surface area contributed by atoms with Gasteiger partial charge in [-0.1, -0.05) is 6.42 Å². The molecule has 0 aromatic rings. The quantitative estimate of drug-likeness (QED) is 0.769. The molecule has 0 aliphatic carbocycles. The van der Waals surface area contributed by atoms with Crippen LogP contribution in [-0.4, -0.2) is 86.2 Å². The van der Waals surface area contributed by atoms with E-state index < -0.39 is 0 Å². The molecule has 4 rings (SSSR count). The summed E-state index contributed by atoms with van der Waals surface area (Å²) in [5.41, 5.74) is 0. The number of nitrogens with zero attached hydrogens (tertiary/aromatic N) is 3. The number of hydrogen-bond donors (Lipinski definition) is 1. The van der Waals surface area contributed by atoms with Gasteiger partial charge in [0.1, 0.15) is 0 Å². The minimum absolute atomic E-state index is 0.886. The van der Waals surface area contributed by atoms with Gasteiger partial charge in [-0.15, -0.1) is 0 Å². The van der Waals surface area contributed by atoms with Gasteiger partial charge in [0, 0.05) is 12.6 Å². The van der Waals surface area contributed by atoms with Gasteiger partial charge in [-0.05, 0) is 129 Å². The summed E-state index contributed by atoms with van der Waals surface area (Å²) in [5, 5.41) is 3.51. The molecule has 4 nitrogen and oxygen atoms in total. The highest BCUT2D eigenvalue weighted by molar-refractivity contribution is 4.85. The lowest BCUT2D eigenvalue weighted by atomic mass is 9.90. The van der Waals surface area contributed by atoms with E-state index in [0.29, 0.717) is 0 Å². The first-order valence-corrected chi connectivity index (χ1v) is 12.3. The molecule has 0 aromatic heterocycles. The first-order chi connectivity index (χ1) is 13.4. The Kier molecular flexibility index (Phi) is 7.88. The fraction of sp³-hybridized carbons (Fsp3) is 1.00. The molecule has 0 aromatic carbocycles. The van der Waals surface area contributed by atoms with Crippen molar-refractivity contribution in [3.63, 3.8) is 0 Å². The van der Waals surface area contributed by atoms with Crippen molar-refractivity contribution >= 4 is 0 Å². The summed E-state index contributed by atoms with van der Waals surface area (Å²) in [4.78, 5) is 8.37. The minimum atomic E-state index is 0.886. The summed E-state index contributed by atoms with van der Waals surface area (Å²) in [6, 6.07) is 0.886. The topological polar surface area (TPSA) is 21.8 Å². The largest absolute Gasteiger partial charge is 0.317 e. The molecule has 4 heterocycles. The van der Waals surface area contributed by atoms with Gasteiger partial charge in [-0.2, -0.15) is 0 Å². The van der Waals surface area contributed by atoms with Crippen LogP contribution in [0.2, 0.25) is 0 Å². The van der Waals surface area contributed by atoms with Gasteiger partial charge >= 0.3 is 0 Å². The smallest absolute Gasteiger partial charge is 0.0120 e. The summed E-state index contributed by atoms with van der Waals surface area (Å²) >= 11 is 0. The molecule has 0 unspecified atom stereocenters. The summed E-state index contributed by atoms with van der Waals surface area (Å²) in [6.07, 6.45) is 14.4. The molecule has 27 heavy (non-hydrogen) atoms. The second-order valence-electron chi connectivity index (χ2n) is 9.90. The average Bonchev–Trinajstić information content (AvgIpc) is 2.75. The van der Waals surface area contributed by atoms with E-state index in [2.05, 4.69) is 20.0 Å². The third-order valence-electron chi connectivity index (χ3n) is 8.00. The van der Waals surface area contributed by atoms with Crippen LogP contribution in [-0.2, 0) is 0 Å². The molecule has 0 atom stereocenters. The molecule has 4 saturated heterocycles. The summed E-state index contributed by atoms with van der Waals surface area (Å²) in [6.45, 7) is 13.4. The zero-order valence-corrected chi connectivity index (χ0v) is 17.7. The second kappa shape index (κ2) is 10.6. The van der Waals surface area contributed by atoms with Gasteiger partial charge in [-0.25, -0.2) is 0 Å². The molecule has 156 valence electrons. The van der Waals surface area contributed by atoms with Crippen LogP contribution < -0.4 is 5.32 Å². The van der Waals surface area contributed by atoms with Crippen LogP contribution in [0.5, 0.6) is 0 Å². The fourth-order valence-corrected chi connectivity index (χ4v) is 6.05. The van der Waals surface area contributed by atoms with Crippen LogP contribution in [0, 0.1) is 11.8 Å². The Bertz CT molecular complexity index is 401. The zero-order valence-electron chi connectivity index (χ0n) is 17.7. The van der Waals surface area contributed by atoms with E-state index in [0.717, 1.165) is 17.9 Å². The Balaban J connectivity index is 1.10. The maximum absolute atomic E-state index is 3.51. The Morgan fingerprint density at radius 3 is 2.04 bits per heavy atom. The molecular formula is C23H44N4. The van der Waals surface area contributed by atoms with Crippen LogP contribution in [0.4, 0.5) is 0 Å². The van der Waals surface area contributed by atoms with Crippen molar-refractivity contribution in [2.24, 2.45) is 11.8 Å². The Labute approximate surface area is 168 Å². The SMILES string of the molecule is C1CCN(CCC2CCN(C3CCN(CC4CCNCC4)CC3)CC2)CC1. The lowest BCUT2D eigenvalue weighted by Crippen LogP contribution is -2.49. The molecule has 4 aliphatic rings. The van der Waals surface area contributed by atoms with Crippen molar-refractivity contribution in [1.29, 1.82) is 0 Å². The maximum atomic E-state index is 3.51. The Morgan fingerprint density at radius 2 is 1.33 bits per heavy atom. The minimum Gasteiger partial charge on any atom is -0.317 e. The van der Waals surface area contributed by atoms with E-state index in [-0.39, 0.29) is 0 Å². The predicted molar refractivity (Wildman–Crippen MR) is 114 cm³/mol. The number of likely N-dealkylation sites (tertiary alicyclic amines) is 3. The van der Waals surface area contributed by atoms with Crippen molar-refractivity contribution < 1.29 is 0 Å². The molecule has 0 amide bonds. The van der Waals surface area contributed by atoms with Crippen LogP contribution in [0.15, 0.2) is 0 Å². The highest BCUT2D eigenvalue weighted by Gasteiger charge is 2.29. The third-order valence-corrected chi connectivity index (χ3v) is 8.00. The van der Waals surface area contributed by atoms with E-state index in [1.165, 1.54) is 130 Å². The van der Waals surface area contributed by atoms with Gasteiger partial charge < -0.3 is 20.0 Å². The maximum Gasteiger partial charge on any atom is 0.0120 e. The predicted octanol–water partition coefficient (Wildman–Crippen LogP) is 3.04. The Hall–Kier alpha value is -0.160. The van der Waals surface area contributed by atoms with Crippen molar-refractivity contribution in [3.05, 3.63) is 0 Å². The van der Waals surface area contributed by atoms with Crippen molar-refractivity contribution in [2.75, 3.05) is 65.4 Å². The highest BCUT2D eigenvalue weighted by atomic mass is 15.2. The van der Waals surface area contributed by atoms with E-state index in [1.54, 1.807) is 0 Å². The summed E-state index contributed by atoms with van der Waals surface area (Å²) in [5.74, 6) is 1.96. The van der Waals surface area contributed by atoms with E-state index in [9.17, 15) is 0 Å². The first-order valence-electron chi connectivity index (χ1n) is 12.3. The number of nitrogens with one attached hydrogen (secondary N) is 1. The molecular weight excluding hydrogens is 332 g/mol. The van der Waals surface area contributed by atoms with Gasteiger partial charge in [0.05, 0.1) is 0 Å². The van der Waals surface area contributed by atoms with Crippen molar-refractivity contribution in [1.82, 2.24) is 20.0 Å². The van der Waals surface area contributed by atoms with Crippen LogP contribution in [0.25, 0.3) is 0 Å². The van der Waals surface area contributed by atoms with Crippen molar-refractivity contribution in [3.8, 4) is 0 Å². The molecule has 4 heteroatoms. The number of piperidine rings is 4. The van der Waals surface area contributed by atoms with Gasteiger partial charge in [0.2, 0.25) is 0 Å². The first kappa shape index (κ1) is 20.1. The van der Waals surface area contributed by atoms with Crippen LogP contribution in [0.3, 0.4) is 0 Å². The molecule has 0 spiro atoms. The van der Waals surface area contributed by atoms with Crippen LogP contribution >= 0.6 is 0 Å². The molecule has 0 saturated carbocycles. The molecule has 4 aliphatic heterocycles. The monoisotopic (exact) mass is 376 g/mol. The van der Waals surface area contributed by atoms with Crippen molar-refractivity contribution in [2.45, 2.75) is 70.3 Å². The second-order valence-corrected chi connectivity index (χ2v) is 9.90. The average molecular weight is 377 g/mol. The standard InChI is InChI=1S/C23H44N4/c1-2-13-25(14-3-1)15-6-21-7-18-27(19-8-21)23-9-16-26(17-10-23)20-22-4-11-24-12-5-22/h21-24H,1-20H2. The summed E-state index contributed by atoms with van der Waals surface area (Å²) < 4.78 is 0. The van der Waals surface area contributed by atoms with E-state index >= 15 is 0 Å². The van der Waals surface area contributed by atoms with E-state index in [1.807, 2.05) is 0 Å².